The molecule has 0 rings (SSSR count). The number of aliphatic hydroxyl groups excluding tert-OH is 1. The quantitative estimate of drug-likeness (QED) is 0.645. The maximum atomic E-state index is 11.1. The summed E-state index contributed by atoms with van der Waals surface area (Å²) in [4.78, 5) is 11.1. The van der Waals surface area contributed by atoms with E-state index in [-0.39, 0.29) is 16.8 Å². The molecule has 0 saturated carbocycles. The second kappa shape index (κ2) is 7.01. The van der Waals surface area contributed by atoms with Crippen LogP contribution in [0.4, 0.5) is 0 Å². The van der Waals surface area contributed by atoms with Crippen molar-refractivity contribution in [1.82, 2.24) is 0 Å². The Bertz CT molecular complexity index is 178. The van der Waals surface area contributed by atoms with Crippen molar-refractivity contribution in [3.05, 3.63) is 0 Å². The van der Waals surface area contributed by atoms with Gasteiger partial charge in [-0.25, -0.2) is 0 Å². The van der Waals surface area contributed by atoms with Crippen molar-refractivity contribution in [2.24, 2.45) is 5.92 Å². The first-order valence-electron chi connectivity index (χ1n) is 4.80. The summed E-state index contributed by atoms with van der Waals surface area (Å²) in [6.45, 7) is 3.71. The molecule has 0 aromatic heterocycles. The second-order valence-electron chi connectivity index (χ2n) is 3.38. The summed E-state index contributed by atoms with van der Waals surface area (Å²) in [5.41, 5.74) is 0. The fourth-order valence-electron chi connectivity index (χ4n) is 1.40. The summed E-state index contributed by atoms with van der Waals surface area (Å²) in [5.74, 6) is 0.421. The predicted octanol–water partition coefficient (Wildman–Crippen LogP) is 3.05. The molecule has 1 N–H and O–H groups in total. The smallest absolute Gasteiger partial charge is 0.156 e. The van der Waals surface area contributed by atoms with Gasteiger partial charge in [-0.15, -0.1) is 0 Å². The van der Waals surface area contributed by atoms with Gasteiger partial charge in [0.05, 0.1) is 0 Å². The highest BCUT2D eigenvalue weighted by Gasteiger charge is 2.12. The number of rotatable bonds is 7. The lowest BCUT2D eigenvalue weighted by Crippen LogP contribution is -2.11. The summed E-state index contributed by atoms with van der Waals surface area (Å²) < 4.78 is 0. The van der Waals surface area contributed by atoms with Crippen molar-refractivity contribution in [2.45, 2.75) is 46.0 Å². The Kier molecular flexibility index (Phi) is 6.77. The Morgan fingerprint density at radius 2 is 2.08 bits per heavy atom. The molecular weight excluding hydrogens is 184 g/mol. The lowest BCUT2D eigenvalue weighted by atomic mass is 9.94. The third-order valence-corrected chi connectivity index (χ3v) is 2.36. The first-order chi connectivity index (χ1) is 6.07. The van der Waals surface area contributed by atoms with Crippen LogP contribution in [0.15, 0.2) is 0 Å². The second-order valence-corrected chi connectivity index (χ2v) is 3.85. The maximum absolute atomic E-state index is 11.1. The molecule has 0 aliphatic carbocycles. The molecule has 0 aromatic rings. The van der Waals surface area contributed by atoms with Crippen LogP contribution in [0, 0.1) is 5.92 Å². The Morgan fingerprint density at radius 3 is 2.46 bits per heavy atom. The average Bonchev–Trinajstić information content (AvgIpc) is 2.02. The molecule has 0 aromatic carbocycles. The van der Waals surface area contributed by atoms with Gasteiger partial charge >= 0.3 is 0 Å². The monoisotopic (exact) mass is 202 g/mol. The fraction of sp³-hybridized carbons (Fsp3) is 0.800. The zero-order valence-corrected chi connectivity index (χ0v) is 9.19. The molecule has 0 aliphatic rings. The fourth-order valence-corrected chi connectivity index (χ4v) is 1.54. The molecule has 2 nitrogen and oxygen atoms in total. The molecule has 0 saturated heterocycles. The van der Waals surface area contributed by atoms with Gasteiger partial charge in [-0.2, -0.15) is 0 Å². The molecule has 0 heterocycles. The first-order valence-corrected chi connectivity index (χ1v) is 5.21. The van der Waals surface area contributed by atoms with Crippen LogP contribution in [-0.4, -0.2) is 15.9 Å². The van der Waals surface area contributed by atoms with E-state index in [9.17, 15) is 4.79 Å². The number of ketones is 1. The summed E-state index contributed by atoms with van der Waals surface area (Å²) >= 11 is 4.55. The highest BCUT2D eigenvalue weighted by atomic mass is 32.1. The van der Waals surface area contributed by atoms with Gasteiger partial charge in [0.1, 0.15) is 5.78 Å². The number of Topliss-reactive ketones (excluding diaryl/α,β-unsaturated/α-hetero) is 1. The van der Waals surface area contributed by atoms with Gasteiger partial charge < -0.3 is 5.11 Å². The minimum atomic E-state index is 0.0544. The van der Waals surface area contributed by atoms with Crippen LogP contribution in [0.1, 0.15) is 46.0 Å². The number of thiocarbonyl (C=S) groups is 1. The van der Waals surface area contributed by atoms with Gasteiger partial charge in [0.2, 0.25) is 0 Å². The summed E-state index contributed by atoms with van der Waals surface area (Å²) in [7, 11) is 0. The number of aliphatic hydroxyl groups is 1. The van der Waals surface area contributed by atoms with Crippen molar-refractivity contribution in [2.75, 3.05) is 0 Å². The van der Waals surface area contributed by atoms with Gasteiger partial charge in [0.15, 0.2) is 5.05 Å². The van der Waals surface area contributed by atoms with Crippen LogP contribution in [-0.2, 0) is 4.79 Å². The van der Waals surface area contributed by atoms with Gasteiger partial charge in [0.25, 0.3) is 0 Å². The lowest BCUT2D eigenvalue weighted by Gasteiger charge is -2.11. The molecule has 0 fully saturated rings. The molecule has 13 heavy (non-hydrogen) atoms. The first kappa shape index (κ1) is 12.6. The van der Waals surface area contributed by atoms with E-state index in [0.717, 1.165) is 25.7 Å². The Hall–Kier alpha value is -0.440. The maximum Gasteiger partial charge on any atom is 0.156 e. The van der Waals surface area contributed by atoms with Crippen molar-refractivity contribution in [3.63, 3.8) is 0 Å². The van der Waals surface area contributed by atoms with E-state index in [1.54, 1.807) is 6.92 Å². The molecule has 76 valence electrons. The Labute approximate surface area is 85.3 Å². The number of hydrogen-bond donors (Lipinski definition) is 1. The molecule has 1 unspecified atom stereocenters. The van der Waals surface area contributed by atoms with Gasteiger partial charge in [-0.3, -0.25) is 4.79 Å². The average molecular weight is 202 g/mol. The van der Waals surface area contributed by atoms with E-state index in [2.05, 4.69) is 19.1 Å². The number of carbonyl (C=O) groups is 1. The standard InChI is InChI=1S/C10H18O2S/c1-3-5-9(8(2)11)6-4-7-10(12)13/h9H,3-7H2,1-2H3,(H,12,13). The molecule has 0 amide bonds. The highest BCUT2D eigenvalue weighted by molar-refractivity contribution is 7.80. The summed E-state index contributed by atoms with van der Waals surface area (Å²) in [6, 6.07) is 0. The van der Waals surface area contributed by atoms with E-state index in [0.29, 0.717) is 6.42 Å². The van der Waals surface area contributed by atoms with Crippen LogP contribution in [0.5, 0.6) is 0 Å². The van der Waals surface area contributed by atoms with Crippen LogP contribution in [0.3, 0.4) is 0 Å². The van der Waals surface area contributed by atoms with E-state index < -0.39 is 0 Å². The van der Waals surface area contributed by atoms with Gasteiger partial charge in [-0.05, 0) is 38.4 Å². The molecule has 1 atom stereocenters. The van der Waals surface area contributed by atoms with Crippen molar-refractivity contribution < 1.29 is 9.90 Å². The van der Waals surface area contributed by atoms with E-state index in [4.69, 9.17) is 5.11 Å². The normalized spacial score (nSPS) is 12.5. The SMILES string of the molecule is CCCC(CCCC(O)=S)C(C)=O. The van der Waals surface area contributed by atoms with E-state index in [1.807, 2.05) is 0 Å². The lowest BCUT2D eigenvalue weighted by molar-refractivity contribution is -0.121. The molecule has 0 bridgehead atoms. The number of hydrogen-bond acceptors (Lipinski definition) is 2. The minimum absolute atomic E-state index is 0.0544. The Morgan fingerprint density at radius 1 is 1.46 bits per heavy atom. The topological polar surface area (TPSA) is 37.3 Å². The van der Waals surface area contributed by atoms with Crippen LogP contribution >= 0.6 is 12.2 Å². The predicted molar refractivity (Wildman–Crippen MR) is 58.2 cm³/mol. The molecule has 0 aliphatic heterocycles. The zero-order valence-electron chi connectivity index (χ0n) is 8.38. The Balaban J connectivity index is 3.69. The van der Waals surface area contributed by atoms with Crippen molar-refractivity contribution >= 4 is 23.1 Å². The van der Waals surface area contributed by atoms with Crippen LogP contribution < -0.4 is 0 Å². The highest BCUT2D eigenvalue weighted by Crippen LogP contribution is 2.15. The molecule has 3 heteroatoms. The minimum Gasteiger partial charge on any atom is -0.502 e. The third-order valence-electron chi connectivity index (χ3n) is 2.16. The summed E-state index contributed by atoms with van der Waals surface area (Å²) in [5, 5.41) is 8.83. The van der Waals surface area contributed by atoms with E-state index >= 15 is 0 Å². The van der Waals surface area contributed by atoms with Crippen LogP contribution in [0.2, 0.25) is 0 Å². The zero-order chi connectivity index (χ0) is 10.3. The third kappa shape index (κ3) is 6.70. The van der Waals surface area contributed by atoms with Crippen molar-refractivity contribution in [1.29, 1.82) is 0 Å². The number of carbonyl (C=O) groups excluding carboxylic acids is 1. The molecular formula is C10H18O2S. The summed E-state index contributed by atoms with van der Waals surface area (Å²) in [6.07, 6.45) is 4.20. The van der Waals surface area contributed by atoms with Crippen LogP contribution in [0.25, 0.3) is 0 Å². The van der Waals surface area contributed by atoms with Crippen molar-refractivity contribution in [3.8, 4) is 0 Å². The van der Waals surface area contributed by atoms with E-state index in [1.165, 1.54) is 0 Å². The van der Waals surface area contributed by atoms with Gasteiger partial charge in [0, 0.05) is 12.3 Å². The van der Waals surface area contributed by atoms with Gasteiger partial charge in [-0.1, -0.05) is 13.3 Å². The molecule has 0 spiro atoms. The largest absolute Gasteiger partial charge is 0.502 e. The molecule has 0 radical (unpaired) electrons.